The van der Waals surface area contributed by atoms with Gasteiger partial charge in [0.2, 0.25) is 0 Å². The molecule has 1 aromatic carbocycles. The van der Waals surface area contributed by atoms with Crippen LogP contribution in [0.4, 0.5) is 13.2 Å². The average Bonchev–Trinajstić information content (AvgIpc) is 2.17. The Morgan fingerprint density at radius 1 is 1.31 bits per heavy atom. The Morgan fingerprint density at radius 3 is 2.56 bits per heavy atom. The highest BCUT2D eigenvalue weighted by atomic mass is 127. The molecule has 0 nitrogen and oxygen atoms in total. The van der Waals surface area contributed by atoms with Gasteiger partial charge in [-0.15, -0.1) is 0 Å². The van der Waals surface area contributed by atoms with Crippen molar-refractivity contribution in [3.63, 3.8) is 0 Å². The second-order valence-corrected chi connectivity index (χ2v) is 6.19. The zero-order valence-corrected chi connectivity index (χ0v) is 12.7. The molecule has 16 heavy (non-hydrogen) atoms. The summed E-state index contributed by atoms with van der Waals surface area (Å²) in [5, 5.41) is 0.861. The van der Waals surface area contributed by atoms with Crippen LogP contribution >= 0.6 is 50.3 Å². The van der Waals surface area contributed by atoms with Crippen molar-refractivity contribution in [3.05, 3.63) is 27.3 Å². The lowest BCUT2D eigenvalue weighted by Gasteiger charge is -2.09. The van der Waals surface area contributed by atoms with E-state index in [1.807, 2.05) is 0 Å². The first-order valence-corrected chi connectivity index (χ1v) is 7.54. The molecule has 0 N–H and O–H groups in total. The van der Waals surface area contributed by atoms with Crippen molar-refractivity contribution in [2.75, 3.05) is 5.33 Å². The smallest absolute Gasteiger partial charge is 0.160 e. The average molecular weight is 425 g/mol. The first kappa shape index (κ1) is 14.6. The zero-order valence-electron chi connectivity index (χ0n) is 8.15. The largest absolute Gasteiger partial charge is 0.446 e. The third-order valence-electron chi connectivity index (χ3n) is 1.83. The summed E-state index contributed by atoms with van der Waals surface area (Å²) in [5.74, 6) is 0. The van der Waals surface area contributed by atoms with E-state index in [1.54, 1.807) is 12.1 Å². The third kappa shape index (κ3) is 5.27. The highest BCUT2D eigenvalue weighted by Gasteiger charge is 2.29. The fourth-order valence-electron chi connectivity index (χ4n) is 1.20. The molecule has 1 aromatic rings. The summed E-state index contributed by atoms with van der Waals surface area (Å²) in [6.45, 7) is 0. The van der Waals surface area contributed by atoms with E-state index >= 15 is 0 Å². The Bertz CT molecular complexity index is 354. The van der Waals surface area contributed by atoms with Crippen LogP contribution in [0.1, 0.15) is 12.0 Å². The number of thioether (sulfide) groups is 1. The number of benzene rings is 1. The quantitative estimate of drug-likeness (QED) is 0.362. The highest BCUT2D eigenvalue weighted by molar-refractivity contribution is 14.1. The van der Waals surface area contributed by atoms with Gasteiger partial charge in [0.25, 0.3) is 0 Å². The molecule has 0 aromatic heterocycles. The topological polar surface area (TPSA) is 0 Å². The van der Waals surface area contributed by atoms with Gasteiger partial charge in [-0.05, 0) is 71.0 Å². The standard InChI is InChI=1S/C10H9BrF3IS/c11-5-1-2-7-6-8(3-4-9(7)15)16-10(12,13)14/h3-4,6H,1-2,5H2. The van der Waals surface area contributed by atoms with Gasteiger partial charge in [-0.3, -0.25) is 0 Å². The lowest BCUT2D eigenvalue weighted by atomic mass is 10.1. The fourth-order valence-corrected chi connectivity index (χ4v) is 2.69. The van der Waals surface area contributed by atoms with Crippen LogP contribution in [0.15, 0.2) is 23.1 Å². The maximum absolute atomic E-state index is 12.2. The van der Waals surface area contributed by atoms with E-state index in [1.165, 1.54) is 6.07 Å². The summed E-state index contributed by atoms with van der Waals surface area (Å²) in [6, 6.07) is 4.87. The van der Waals surface area contributed by atoms with Gasteiger partial charge in [-0.2, -0.15) is 13.2 Å². The Labute approximate surface area is 119 Å². The van der Waals surface area contributed by atoms with E-state index in [9.17, 15) is 13.2 Å². The Kier molecular flexibility index (Phi) is 5.93. The maximum Gasteiger partial charge on any atom is 0.446 e. The maximum atomic E-state index is 12.2. The SMILES string of the molecule is FC(F)(F)Sc1ccc(I)c(CCCBr)c1. The van der Waals surface area contributed by atoms with Gasteiger partial charge in [0, 0.05) is 13.8 Å². The lowest BCUT2D eigenvalue weighted by molar-refractivity contribution is -0.0328. The molecule has 0 aliphatic heterocycles. The summed E-state index contributed by atoms with van der Waals surface area (Å²) in [4.78, 5) is 0.262. The summed E-state index contributed by atoms with van der Waals surface area (Å²) in [7, 11) is 0. The molecule has 0 heterocycles. The van der Waals surface area contributed by atoms with E-state index in [-0.39, 0.29) is 16.7 Å². The molecule has 1 rings (SSSR count). The fraction of sp³-hybridized carbons (Fsp3) is 0.400. The van der Waals surface area contributed by atoms with Crippen LogP contribution < -0.4 is 0 Å². The first-order chi connectivity index (χ1) is 7.42. The molecule has 0 unspecified atom stereocenters. The van der Waals surface area contributed by atoms with Crippen LogP contribution in [0.2, 0.25) is 0 Å². The minimum atomic E-state index is -4.21. The molecule has 0 saturated carbocycles. The normalized spacial score (nSPS) is 11.8. The molecular weight excluding hydrogens is 416 g/mol. The lowest BCUT2D eigenvalue weighted by Crippen LogP contribution is -2.00. The van der Waals surface area contributed by atoms with E-state index < -0.39 is 5.51 Å². The van der Waals surface area contributed by atoms with E-state index in [0.29, 0.717) is 0 Å². The second-order valence-electron chi connectivity index (χ2n) is 3.09. The molecule has 0 radical (unpaired) electrons. The molecule has 0 amide bonds. The molecule has 0 spiro atoms. The van der Waals surface area contributed by atoms with Crippen molar-refractivity contribution in [3.8, 4) is 0 Å². The zero-order chi connectivity index (χ0) is 12.2. The number of hydrogen-bond acceptors (Lipinski definition) is 1. The molecule has 6 heteroatoms. The number of rotatable bonds is 4. The van der Waals surface area contributed by atoms with Crippen molar-refractivity contribution >= 4 is 50.3 Å². The number of alkyl halides is 4. The minimum absolute atomic E-state index is 0.0580. The van der Waals surface area contributed by atoms with Crippen molar-refractivity contribution in [2.24, 2.45) is 0 Å². The van der Waals surface area contributed by atoms with Gasteiger partial charge >= 0.3 is 5.51 Å². The van der Waals surface area contributed by atoms with Crippen LogP contribution in [0.5, 0.6) is 0 Å². The number of aryl methyl sites for hydroxylation is 1. The molecular formula is C10H9BrF3IS. The molecule has 0 aliphatic carbocycles. The molecule has 0 atom stereocenters. The van der Waals surface area contributed by atoms with Crippen molar-refractivity contribution in [2.45, 2.75) is 23.2 Å². The predicted molar refractivity (Wildman–Crippen MR) is 73.2 cm³/mol. The predicted octanol–water partition coefficient (Wildman–Crippen LogP) is 5.23. The third-order valence-corrected chi connectivity index (χ3v) is 4.16. The van der Waals surface area contributed by atoms with Crippen LogP contribution in [0, 0.1) is 3.57 Å². The second kappa shape index (κ2) is 6.49. The molecule has 90 valence electrons. The molecule has 0 bridgehead atoms. The molecule has 0 saturated heterocycles. The number of hydrogen-bond donors (Lipinski definition) is 0. The minimum Gasteiger partial charge on any atom is -0.160 e. The van der Waals surface area contributed by atoms with Crippen molar-refractivity contribution in [1.82, 2.24) is 0 Å². The van der Waals surface area contributed by atoms with Gasteiger partial charge in [0.1, 0.15) is 0 Å². The molecule has 0 aliphatic rings. The first-order valence-electron chi connectivity index (χ1n) is 4.52. The van der Waals surface area contributed by atoms with Gasteiger partial charge in [-0.1, -0.05) is 15.9 Å². The van der Waals surface area contributed by atoms with E-state index in [4.69, 9.17) is 0 Å². The summed E-state index contributed by atoms with van der Waals surface area (Å²) < 4.78 is 37.6. The van der Waals surface area contributed by atoms with Crippen LogP contribution in [0.25, 0.3) is 0 Å². The van der Waals surface area contributed by atoms with E-state index in [0.717, 1.165) is 27.3 Å². The van der Waals surface area contributed by atoms with E-state index in [2.05, 4.69) is 38.5 Å². The van der Waals surface area contributed by atoms with Gasteiger partial charge < -0.3 is 0 Å². The summed E-state index contributed by atoms with van der Waals surface area (Å²) >= 11 is 5.40. The van der Waals surface area contributed by atoms with Crippen LogP contribution in [-0.2, 0) is 6.42 Å². The Balaban J connectivity index is 2.81. The van der Waals surface area contributed by atoms with Gasteiger partial charge in [0.15, 0.2) is 0 Å². The van der Waals surface area contributed by atoms with Gasteiger partial charge in [-0.25, -0.2) is 0 Å². The van der Waals surface area contributed by atoms with Crippen LogP contribution in [0.3, 0.4) is 0 Å². The molecule has 0 fully saturated rings. The Morgan fingerprint density at radius 2 is 2.00 bits per heavy atom. The van der Waals surface area contributed by atoms with Crippen molar-refractivity contribution in [1.29, 1.82) is 0 Å². The Hall–Kier alpha value is 0.570. The summed E-state index contributed by atoms with van der Waals surface area (Å²) in [6.07, 6.45) is 1.73. The van der Waals surface area contributed by atoms with Crippen LogP contribution in [-0.4, -0.2) is 10.8 Å². The van der Waals surface area contributed by atoms with Gasteiger partial charge in [0.05, 0.1) is 0 Å². The number of halogens is 5. The van der Waals surface area contributed by atoms with Crippen molar-refractivity contribution < 1.29 is 13.2 Å². The summed E-state index contributed by atoms with van der Waals surface area (Å²) in [5.41, 5.74) is -3.23. The monoisotopic (exact) mass is 424 g/mol. The highest BCUT2D eigenvalue weighted by Crippen LogP contribution is 2.37.